The fraction of sp³-hybridized carbons (Fsp3) is 0.769. The highest BCUT2D eigenvalue weighted by Crippen LogP contribution is 2.20. The summed E-state index contributed by atoms with van der Waals surface area (Å²) in [6.45, 7) is 8.30. The van der Waals surface area contributed by atoms with Crippen molar-refractivity contribution in [1.29, 1.82) is 0 Å². The quantitative estimate of drug-likeness (QED) is 0.649. The molecule has 0 radical (unpaired) electrons. The molecule has 112 valence electrons. The van der Waals surface area contributed by atoms with Gasteiger partial charge in [0.05, 0.1) is 0 Å². The Morgan fingerprint density at radius 2 is 1.95 bits per heavy atom. The van der Waals surface area contributed by atoms with E-state index in [1.807, 2.05) is 13.8 Å². The molecule has 1 aliphatic rings. The molecule has 2 heterocycles. The van der Waals surface area contributed by atoms with Crippen molar-refractivity contribution in [2.45, 2.75) is 58.5 Å². The fourth-order valence-corrected chi connectivity index (χ4v) is 2.48. The van der Waals surface area contributed by atoms with E-state index in [1.165, 1.54) is 0 Å². The number of hydrogen-bond donors (Lipinski definition) is 4. The van der Waals surface area contributed by atoms with Crippen LogP contribution < -0.4 is 16.2 Å². The van der Waals surface area contributed by atoms with Gasteiger partial charge in [0.1, 0.15) is 5.82 Å². The lowest BCUT2D eigenvalue weighted by molar-refractivity contribution is -0.116. The lowest BCUT2D eigenvalue weighted by atomic mass is 9.91. The first-order chi connectivity index (χ1) is 9.47. The molecule has 4 N–H and O–H groups in total. The molecule has 1 aromatic rings. The van der Waals surface area contributed by atoms with Crippen LogP contribution in [0.2, 0.25) is 0 Å². The van der Waals surface area contributed by atoms with Crippen molar-refractivity contribution in [1.82, 2.24) is 26.0 Å². The van der Waals surface area contributed by atoms with Gasteiger partial charge >= 0.3 is 0 Å². The Bertz CT molecular complexity index is 447. The number of nitrogens with one attached hydrogen (secondary N) is 4. The van der Waals surface area contributed by atoms with Crippen LogP contribution in [0.5, 0.6) is 0 Å². The number of hydrazine groups is 1. The van der Waals surface area contributed by atoms with Crippen LogP contribution in [0.25, 0.3) is 0 Å². The summed E-state index contributed by atoms with van der Waals surface area (Å²) in [7, 11) is 0. The molecule has 0 saturated carbocycles. The second-order valence-electron chi connectivity index (χ2n) is 5.82. The van der Waals surface area contributed by atoms with Crippen LogP contribution in [0.4, 0.5) is 5.95 Å². The van der Waals surface area contributed by atoms with Crippen LogP contribution in [0, 0.1) is 5.92 Å². The molecule has 2 atom stereocenters. The van der Waals surface area contributed by atoms with Crippen molar-refractivity contribution in [3.8, 4) is 0 Å². The topological polar surface area (TPSA) is 94.7 Å². The third kappa shape index (κ3) is 3.55. The van der Waals surface area contributed by atoms with Crippen molar-refractivity contribution in [3.63, 3.8) is 0 Å². The van der Waals surface area contributed by atoms with Crippen LogP contribution in [0.3, 0.4) is 0 Å². The van der Waals surface area contributed by atoms with Gasteiger partial charge < -0.3 is 0 Å². The van der Waals surface area contributed by atoms with Gasteiger partial charge in [0.15, 0.2) is 0 Å². The van der Waals surface area contributed by atoms with E-state index >= 15 is 0 Å². The zero-order valence-electron chi connectivity index (χ0n) is 12.5. The number of carbonyl (C=O) groups is 1. The number of nitrogens with zero attached hydrogens (tertiary/aromatic N) is 2. The first-order valence-corrected chi connectivity index (χ1v) is 7.20. The minimum atomic E-state index is -0.0365. The summed E-state index contributed by atoms with van der Waals surface area (Å²) in [6.07, 6.45) is 1.32. The Hall–Kier alpha value is -1.47. The Morgan fingerprint density at radius 3 is 2.50 bits per heavy atom. The molecule has 1 amide bonds. The Balaban J connectivity index is 1.80. The molecular weight excluding hydrogens is 256 g/mol. The third-order valence-electron chi connectivity index (χ3n) is 3.83. The molecule has 0 spiro atoms. The van der Waals surface area contributed by atoms with Gasteiger partial charge in [-0.15, -0.1) is 5.10 Å². The van der Waals surface area contributed by atoms with Crippen molar-refractivity contribution in [2.24, 2.45) is 5.92 Å². The summed E-state index contributed by atoms with van der Waals surface area (Å²) >= 11 is 0. The van der Waals surface area contributed by atoms with Crippen LogP contribution >= 0.6 is 0 Å². The van der Waals surface area contributed by atoms with Gasteiger partial charge in [-0.2, -0.15) is 4.98 Å². The summed E-state index contributed by atoms with van der Waals surface area (Å²) in [5.74, 6) is 1.84. The molecule has 1 saturated heterocycles. The SMILES string of the molecule is CC(C)c1nc(NC(=O)CCC2C(C)NNC2C)n[nH]1. The van der Waals surface area contributed by atoms with E-state index in [4.69, 9.17) is 0 Å². The first-order valence-electron chi connectivity index (χ1n) is 7.20. The molecule has 1 aliphatic heterocycles. The fourth-order valence-electron chi connectivity index (χ4n) is 2.48. The summed E-state index contributed by atoms with van der Waals surface area (Å²) < 4.78 is 0. The van der Waals surface area contributed by atoms with Crippen LogP contribution in [0.15, 0.2) is 0 Å². The number of carbonyl (C=O) groups excluding carboxylic acids is 1. The number of hydrogen-bond acceptors (Lipinski definition) is 5. The lowest BCUT2D eigenvalue weighted by Crippen LogP contribution is -2.30. The molecule has 0 bridgehead atoms. The summed E-state index contributed by atoms with van der Waals surface area (Å²) in [6, 6.07) is 0.766. The summed E-state index contributed by atoms with van der Waals surface area (Å²) in [5.41, 5.74) is 6.39. The van der Waals surface area contributed by atoms with E-state index in [0.717, 1.165) is 12.2 Å². The molecule has 0 aromatic carbocycles. The minimum Gasteiger partial charge on any atom is -0.293 e. The number of H-pyrrole nitrogens is 1. The second kappa shape index (κ2) is 6.32. The van der Waals surface area contributed by atoms with Gasteiger partial charge in [-0.05, 0) is 26.2 Å². The average molecular weight is 280 g/mol. The van der Waals surface area contributed by atoms with Gasteiger partial charge in [-0.3, -0.25) is 26.1 Å². The monoisotopic (exact) mass is 280 g/mol. The maximum Gasteiger partial charge on any atom is 0.248 e. The highest BCUT2D eigenvalue weighted by Gasteiger charge is 2.29. The number of aromatic amines is 1. The van der Waals surface area contributed by atoms with Crippen molar-refractivity contribution in [3.05, 3.63) is 5.82 Å². The Kier molecular flexibility index (Phi) is 4.72. The van der Waals surface area contributed by atoms with E-state index in [-0.39, 0.29) is 11.8 Å². The standard InChI is InChI=1S/C13H24N6O/c1-7(2)12-15-13(19-18-12)14-11(20)6-5-10-8(3)16-17-9(10)4/h7-10,16-17H,5-6H2,1-4H3,(H2,14,15,18,19,20). The normalized spacial score (nSPS) is 26.1. The highest BCUT2D eigenvalue weighted by atomic mass is 16.1. The maximum atomic E-state index is 11.9. The van der Waals surface area contributed by atoms with Crippen molar-refractivity contribution < 1.29 is 4.79 Å². The summed E-state index contributed by atoms with van der Waals surface area (Å²) in [4.78, 5) is 16.2. The van der Waals surface area contributed by atoms with Gasteiger partial charge in [0, 0.05) is 24.4 Å². The predicted octanol–water partition coefficient (Wildman–Crippen LogP) is 1.15. The zero-order valence-corrected chi connectivity index (χ0v) is 12.5. The van der Waals surface area contributed by atoms with Crippen LogP contribution in [0.1, 0.15) is 52.3 Å². The van der Waals surface area contributed by atoms with E-state index in [0.29, 0.717) is 30.4 Å². The highest BCUT2D eigenvalue weighted by molar-refractivity contribution is 5.88. The largest absolute Gasteiger partial charge is 0.293 e. The lowest BCUT2D eigenvalue weighted by Gasteiger charge is -2.16. The molecule has 1 aromatic heterocycles. The Morgan fingerprint density at radius 1 is 1.30 bits per heavy atom. The van der Waals surface area contributed by atoms with E-state index in [1.54, 1.807) is 0 Å². The van der Waals surface area contributed by atoms with Crippen molar-refractivity contribution in [2.75, 3.05) is 5.32 Å². The molecule has 7 heteroatoms. The van der Waals surface area contributed by atoms with Gasteiger partial charge in [0.2, 0.25) is 11.9 Å². The average Bonchev–Trinajstić information content (AvgIpc) is 2.96. The number of amides is 1. The van der Waals surface area contributed by atoms with Gasteiger partial charge in [0.25, 0.3) is 0 Å². The smallest absolute Gasteiger partial charge is 0.248 e. The molecular formula is C13H24N6O. The maximum absolute atomic E-state index is 11.9. The van der Waals surface area contributed by atoms with Gasteiger partial charge in [-0.1, -0.05) is 13.8 Å². The second-order valence-corrected chi connectivity index (χ2v) is 5.82. The van der Waals surface area contributed by atoms with Crippen LogP contribution in [-0.2, 0) is 4.79 Å². The van der Waals surface area contributed by atoms with Crippen LogP contribution in [-0.4, -0.2) is 33.2 Å². The van der Waals surface area contributed by atoms with Gasteiger partial charge in [-0.25, -0.2) is 0 Å². The molecule has 2 rings (SSSR count). The number of aromatic nitrogens is 3. The molecule has 0 aliphatic carbocycles. The number of anilines is 1. The third-order valence-corrected chi connectivity index (χ3v) is 3.83. The Labute approximate surface area is 119 Å². The minimum absolute atomic E-state index is 0.0365. The predicted molar refractivity (Wildman–Crippen MR) is 77.0 cm³/mol. The molecule has 2 unspecified atom stereocenters. The van der Waals surface area contributed by atoms with E-state index in [9.17, 15) is 4.79 Å². The number of rotatable bonds is 5. The first kappa shape index (κ1) is 14.9. The summed E-state index contributed by atoms with van der Waals surface area (Å²) in [5, 5.41) is 9.56. The molecule has 7 nitrogen and oxygen atoms in total. The van der Waals surface area contributed by atoms with Crippen molar-refractivity contribution >= 4 is 11.9 Å². The van der Waals surface area contributed by atoms with E-state index < -0.39 is 0 Å². The van der Waals surface area contributed by atoms with E-state index in [2.05, 4.69) is 45.2 Å². The molecule has 20 heavy (non-hydrogen) atoms. The molecule has 1 fully saturated rings. The zero-order chi connectivity index (χ0) is 14.7.